The molecular formula is C30H35Cl2N3O5S. The molecule has 220 valence electrons. The SMILES string of the molecule is CCCCNC(=O)C(C)N(Cc1cccc(Cl)c1)C(=O)CN(c1cc(Cl)ccc1OC)S(=O)(=O)c1ccc(C)cc1. The van der Waals surface area contributed by atoms with Crippen molar-refractivity contribution in [3.63, 3.8) is 0 Å². The Morgan fingerprint density at radius 2 is 1.68 bits per heavy atom. The lowest BCUT2D eigenvalue weighted by Gasteiger charge is -2.32. The lowest BCUT2D eigenvalue weighted by Crippen LogP contribution is -2.51. The number of amides is 2. The van der Waals surface area contributed by atoms with E-state index in [1.807, 2.05) is 13.8 Å². The minimum absolute atomic E-state index is 0.00956. The fourth-order valence-electron chi connectivity index (χ4n) is 4.16. The normalized spacial score (nSPS) is 12.0. The summed E-state index contributed by atoms with van der Waals surface area (Å²) in [4.78, 5) is 28.5. The van der Waals surface area contributed by atoms with Gasteiger partial charge in [0.05, 0.1) is 17.7 Å². The molecule has 0 saturated heterocycles. The summed E-state index contributed by atoms with van der Waals surface area (Å²) in [6, 6.07) is 16.9. The van der Waals surface area contributed by atoms with E-state index in [9.17, 15) is 18.0 Å². The first-order valence-corrected chi connectivity index (χ1v) is 15.4. The second-order valence-electron chi connectivity index (χ2n) is 9.61. The van der Waals surface area contributed by atoms with Crippen molar-refractivity contribution in [2.45, 2.75) is 51.1 Å². The van der Waals surface area contributed by atoms with E-state index in [2.05, 4.69) is 5.32 Å². The number of carbonyl (C=O) groups is 2. The molecule has 1 unspecified atom stereocenters. The summed E-state index contributed by atoms with van der Waals surface area (Å²) in [5, 5.41) is 3.59. The third-order valence-corrected chi connectivity index (χ3v) is 8.78. The quantitative estimate of drug-likeness (QED) is 0.243. The molecule has 0 radical (unpaired) electrons. The Morgan fingerprint density at radius 3 is 2.32 bits per heavy atom. The van der Waals surface area contributed by atoms with Crippen LogP contribution in [0, 0.1) is 6.92 Å². The van der Waals surface area contributed by atoms with Gasteiger partial charge in [0.2, 0.25) is 11.8 Å². The molecule has 0 heterocycles. The number of sulfonamides is 1. The van der Waals surface area contributed by atoms with Crippen LogP contribution in [0.4, 0.5) is 5.69 Å². The van der Waals surface area contributed by atoms with Crippen LogP contribution < -0.4 is 14.4 Å². The molecule has 1 N–H and O–H groups in total. The standard InChI is InChI=1S/C30H35Cl2N3O5S/c1-5-6-16-33-30(37)22(3)34(19-23-8-7-9-24(31)17-23)29(36)20-35(27-18-25(32)12-15-28(27)40-4)41(38,39)26-13-10-21(2)11-14-26/h7-15,17-18,22H,5-6,16,19-20H2,1-4H3,(H,33,37). The molecule has 11 heteroatoms. The van der Waals surface area contributed by atoms with Crippen molar-refractivity contribution in [3.05, 3.63) is 87.9 Å². The number of methoxy groups -OCH3 is 1. The number of hydrogen-bond acceptors (Lipinski definition) is 5. The molecule has 0 aliphatic heterocycles. The maximum atomic E-state index is 14.0. The molecule has 3 aromatic rings. The molecular weight excluding hydrogens is 585 g/mol. The highest BCUT2D eigenvalue weighted by Gasteiger charge is 2.34. The Bertz CT molecular complexity index is 1470. The molecule has 0 fully saturated rings. The fraction of sp³-hybridized carbons (Fsp3) is 0.333. The van der Waals surface area contributed by atoms with E-state index in [0.29, 0.717) is 17.1 Å². The Hall–Kier alpha value is -3.27. The lowest BCUT2D eigenvalue weighted by atomic mass is 10.1. The van der Waals surface area contributed by atoms with Gasteiger partial charge in [-0.1, -0.05) is 66.4 Å². The van der Waals surface area contributed by atoms with Crippen molar-refractivity contribution in [3.8, 4) is 5.75 Å². The molecule has 3 rings (SSSR count). The molecule has 8 nitrogen and oxygen atoms in total. The molecule has 1 atom stereocenters. The van der Waals surface area contributed by atoms with Crippen LogP contribution in [0.25, 0.3) is 0 Å². The zero-order chi connectivity index (χ0) is 30.2. The van der Waals surface area contributed by atoms with E-state index in [1.54, 1.807) is 49.4 Å². The van der Waals surface area contributed by atoms with Crippen LogP contribution in [-0.4, -0.2) is 51.4 Å². The second kappa shape index (κ2) is 14.6. The monoisotopic (exact) mass is 619 g/mol. The van der Waals surface area contributed by atoms with E-state index in [0.717, 1.165) is 22.7 Å². The first-order chi connectivity index (χ1) is 19.5. The number of nitrogens with one attached hydrogen (secondary N) is 1. The molecule has 3 aromatic carbocycles. The predicted molar refractivity (Wildman–Crippen MR) is 163 cm³/mol. The van der Waals surface area contributed by atoms with E-state index in [1.165, 1.54) is 36.3 Å². The van der Waals surface area contributed by atoms with Gasteiger partial charge in [-0.25, -0.2) is 8.42 Å². The van der Waals surface area contributed by atoms with Crippen molar-refractivity contribution in [2.24, 2.45) is 0 Å². The molecule has 2 amide bonds. The summed E-state index contributed by atoms with van der Waals surface area (Å²) in [6.45, 7) is 5.36. The highest BCUT2D eigenvalue weighted by Crippen LogP contribution is 2.35. The van der Waals surface area contributed by atoms with Crippen molar-refractivity contribution < 1.29 is 22.7 Å². The second-order valence-corrected chi connectivity index (χ2v) is 12.3. The Balaban J connectivity index is 2.07. The highest BCUT2D eigenvalue weighted by atomic mass is 35.5. The van der Waals surface area contributed by atoms with Crippen LogP contribution in [0.1, 0.15) is 37.8 Å². The number of anilines is 1. The largest absolute Gasteiger partial charge is 0.495 e. The van der Waals surface area contributed by atoms with Crippen LogP contribution >= 0.6 is 23.2 Å². The number of rotatable bonds is 13. The number of halogens is 2. The van der Waals surface area contributed by atoms with Crippen LogP contribution in [0.2, 0.25) is 10.0 Å². The van der Waals surface area contributed by atoms with Crippen LogP contribution in [-0.2, 0) is 26.2 Å². The lowest BCUT2D eigenvalue weighted by molar-refractivity contribution is -0.139. The van der Waals surface area contributed by atoms with Crippen LogP contribution in [0.3, 0.4) is 0 Å². The number of aryl methyl sites for hydroxylation is 1. The number of ether oxygens (including phenoxy) is 1. The maximum Gasteiger partial charge on any atom is 0.264 e. The minimum atomic E-state index is -4.27. The first kappa shape index (κ1) is 32.2. The van der Waals surface area contributed by atoms with Crippen molar-refractivity contribution in [2.75, 3.05) is 24.5 Å². The van der Waals surface area contributed by atoms with Crippen LogP contribution in [0.15, 0.2) is 71.6 Å². The van der Waals surface area contributed by atoms with E-state index >= 15 is 0 Å². The Morgan fingerprint density at radius 1 is 1.00 bits per heavy atom. The number of carbonyl (C=O) groups excluding carboxylic acids is 2. The topological polar surface area (TPSA) is 96.0 Å². The van der Waals surface area contributed by atoms with Gasteiger partial charge in [0.25, 0.3) is 10.0 Å². The molecule has 0 aliphatic rings. The molecule has 0 aromatic heterocycles. The number of nitrogens with zero attached hydrogens (tertiary/aromatic N) is 2. The van der Waals surface area contributed by atoms with Gasteiger partial charge in [-0.15, -0.1) is 0 Å². The zero-order valence-electron chi connectivity index (χ0n) is 23.6. The average molecular weight is 621 g/mol. The zero-order valence-corrected chi connectivity index (χ0v) is 25.9. The van der Waals surface area contributed by atoms with E-state index in [-0.39, 0.29) is 33.8 Å². The molecule has 0 bridgehead atoms. The van der Waals surface area contributed by atoms with Gasteiger partial charge < -0.3 is 15.0 Å². The molecule has 0 aliphatic carbocycles. The number of unbranched alkanes of at least 4 members (excludes halogenated alkanes) is 1. The Labute approximate surface area is 252 Å². The maximum absolute atomic E-state index is 14.0. The van der Waals surface area contributed by atoms with Gasteiger partial charge in [-0.3, -0.25) is 13.9 Å². The van der Waals surface area contributed by atoms with Gasteiger partial charge in [-0.05, 0) is 68.3 Å². The van der Waals surface area contributed by atoms with Gasteiger partial charge >= 0.3 is 0 Å². The van der Waals surface area contributed by atoms with Crippen molar-refractivity contribution in [1.29, 1.82) is 0 Å². The predicted octanol–water partition coefficient (Wildman–Crippen LogP) is 5.84. The van der Waals surface area contributed by atoms with E-state index in [4.69, 9.17) is 27.9 Å². The van der Waals surface area contributed by atoms with Crippen molar-refractivity contribution >= 4 is 50.7 Å². The smallest absolute Gasteiger partial charge is 0.264 e. The molecule has 0 saturated carbocycles. The third kappa shape index (κ3) is 8.38. The van der Waals surface area contributed by atoms with Crippen molar-refractivity contribution in [1.82, 2.24) is 10.2 Å². The van der Waals surface area contributed by atoms with E-state index < -0.39 is 28.5 Å². The van der Waals surface area contributed by atoms with Gasteiger partial charge in [0.15, 0.2) is 0 Å². The third-order valence-electron chi connectivity index (χ3n) is 6.54. The number of hydrogen-bond donors (Lipinski definition) is 1. The summed E-state index contributed by atoms with van der Waals surface area (Å²) < 4.78 is 34.5. The summed E-state index contributed by atoms with van der Waals surface area (Å²) in [7, 11) is -2.86. The Kier molecular flexibility index (Phi) is 11.5. The fourth-order valence-corrected chi connectivity index (χ4v) is 5.96. The summed E-state index contributed by atoms with van der Waals surface area (Å²) in [6.07, 6.45) is 1.69. The minimum Gasteiger partial charge on any atom is -0.495 e. The van der Waals surface area contributed by atoms with Crippen LogP contribution in [0.5, 0.6) is 5.75 Å². The highest BCUT2D eigenvalue weighted by molar-refractivity contribution is 7.92. The summed E-state index contributed by atoms with van der Waals surface area (Å²) in [5.74, 6) is -0.729. The molecule has 41 heavy (non-hydrogen) atoms. The first-order valence-electron chi connectivity index (χ1n) is 13.2. The van der Waals surface area contributed by atoms with Gasteiger partial charge in [-0.2, -0.15) is 0 Å². The average Bonchev–Trinajstić information content (AvgIpc) is 2.94. The van der Waals surface area contributed by atoms with Gasteiger partial charge in [0, 0.05) is 23.1 Å². The molecule has 0 spiro atoms. The summed E-state index contributed by atoms with van der Waals surface area (Å²) >= 11 is 12.5. The van der Waals surface area contributed by atoms with Gasteiger partial charge in [0.1, 0.15) is 18.3 Å². The summed E-state index contributed by atoms with van der Waals surface area (Å²) in [5.41, 5.74) is 1.66. The number of benzene rings is 3.